The molecule has 0 fully saturated rings. The molecule has 0 aliphatic heterocycles. The molecule has 0 spiro atoms. The first-order valence-electron chi connectivity index (χ1n) is 4.68. The van der Waals surface area contributed by atoms with E-state index in [1.54, 1.807) is 7.05 Å². The Morgan fingerprint density at radius 1 is 1.41 bits per heavy atom. The van der Waals surface area contributed by atoms with E-state index in [2.05, 4.69) is 26.2 Å². The number of hydrogen-bond acceptors (Lipinski definition) is 3. The summed E-state index contributed by atoms with van der Waals surface area (Å²) in [6.45, 7) is 0. The molecule has 0 amide bonds. The molecule has 0 bridgehead atoms. The van der Waals surface area contributed by atoms with Gasteiger partial charge >= 0.3 is 0 Å². The number of hydrogen-bond donors (Lipinski definition) is 1. The van der Waals surface area contributed by atoms with Crippen LogP contribution < -0.4 is 0 Å². The van der Waals surface area contributed by atoms with E-state index in [9.17, 15) is 13.9 Å². The first kappa shape index (κ1) is 12.1. The SMILES string of the molecule is Cn1nnc(Br)c1C(O)c1cc(F)ccc1F. The molecule has 1 aromatic carbocycles. The normalized spacial score (nSPS) is 12.8. The number of halogens is 3. The maximum absolute atomic E-state index is 13.5. The Morgan fingerprint density at radius 3 is 2.71 bits per heavy atom. The van der Waals surface area contributed by atoms with E-state index in [1.807, 2.05) is 0 Å². The maximum atomic E-state index is 13.5. The number of benzene rings is 1. The molecular formula is C10H8BrF2N3O. The predicted octanol–water partition coefficient (Wildman–Crippen LogP) is 1.94. The average Bonchev–Trinajstić information content (AvgIpc) is 2.61. The van der Waals surface area contributed by atoms with Crippen LogP contribution in [-0.2, 0) is 7.05 Å². The number of aliphatic hydroxyl groups excluding tert-OH is 1. The summed E-state index contributed by atoms with van der Waals surface area (Å²) in [5.41, 5.74) is 0.102. The monoisotopic (exact) mass is 303 g/mol. The summed E-state index contributed by atoms with van der Waals surface area (Å²) < 4.78 is 28.1. The van der Waals surface area contributed by atoms with E-state index in [0.717, 1.165) is 18.2 Å². The third kappa shape index (κ3) is 2.20. The van der Waals surface area contributed by atoms with Crippen LogP contribution in [0.4, 0.5) is 8.78 Å². The Kier molecular flexibility index (Phi) is 3.21. The van der Waals surface area contributed by atoms with E-state index in [-0.39, 0.29) is 15.9 Å². The summed E-state index contributed by atoms with van der Waals surface area (Å²) in [6, 6.07) is 2.90. The smallest absolute Gasteiger partial charge is 0.154 e. The minimum absolute atomic E-state index is 0.156. The van der Waals surface area contributed by atoms with Crippen LogP contribution >= 0.6 is 15.9 Å². The number of nitrogens with zero attached hydrogens (tertiary/aromatic N) is 3. The highest BCUT2D eigenvalue weighted by Crippen LogP contribution is 2.28. The molecule has 0 saturated carbocycles. The lowest BCUT2D eigenvalue weighted by atomic mass is 10.1. The van der Waals surface area contributed by atoms with Gasteiger partial charge in [-0.15, -0.1) is 5.10 Å². The third-order valence-corrected chi connectivity index (χ3v) is 2.90. The van der Waals surface area contributed by atoms with Crippen LogP contribution in [-0.4, -0.2) is 20.1 Å². The van der Waals surface area contributed by atoms with Gasteiger partial charge in [0.15, 0.2) is 4.60 Å². The molecule has 4 nitrogen and oxygen atoms in total. The van der Waals surface area contributed by atoms with Gasteiger partial charge in [-0.3, -0.25) is 0 Å². The lowest BCUT2D eigenvalue weighted by Crippen LogP contribution is -2.09. The van der Waals surface area contributed by atoms with E-state index >= 15 is 0 Å². The van der Waals surface area contributed by atoms with Crippen molar-refractivity contribution in [3.63, 3.8) is 0 Å². The number of rotatable bonds is 2. The van der Waals surface area contributed by atoms with Crippen LogP contribution in [0, 0.1) is 11.6 Å². The summed E-state index contributed by atoms with van der Waals surface area (Å²) in [7, 11) is 1.55. The molecule has 1 N–H and O–H groups in total. The Hall–Kier alpha value is -1.34. The zero-order chi connectivity index (χ0) is 12.6. The molecule has 1 atom stereocenters. The molecule has 17 heavy (non-hydrogen) atoms. The number of aromatic nitrogens is 3. The minimum Gasteiger partial charge on any atom is -0.382 e. The van der Waals surface area contributed by atoms with Crippen LogP contribution in [0.3, 0.4) is 0 Å². The number of aryl methyl sites for hydroxylation is 1. The fourth-order valence-corrected chi connectivity index (χ4v) is 2.04. The zero-order valence-electron chi connectivity index (χ0n) is 8.73. The molecule has 0 aliphatic carbocycles. The fourth-order valence-electron chi connectivity index (χ4n) is 1.50. The van der Waals surface area contributed by atoms with Gasteiger partial charge in [0, 0.05) is 12.6 Å². The predicted molar refractivity (Wildman–Crippen MR) is 59.1 cm³/mol. The standard InChI is InChI=1S/C10H8BrF2N3O/c1-16-8(10(11)14-15-16)9(17)6-4-5(12)2-3-7(6)13/h2-4,9,17H,1H3. The van der Waals surface area contributed by atoms with Crippen molar-refractivity contribution < 1.29 is 13.9 Å². The lowest BCUT2D eigenvalue weighted by molar-refractivity contribution is 0.203. The van der Waals surface area contributed by atoms with Crippen molar-refractivity contribution in [2.75, 3.05) is 0 Å². The average molecular weight is 304 g/mol. The molecule has 7 heteroatoms. The summed E-state index contributed by atoms with van der Waals surface area (Å²) >= 11 is 3.09. The highest BCUT2D eigenvalue weighted by atomic mass is 79.9. The van der Waals surface area contributed by atoms with Gasteiger partial charge in [0.05, 0.1) is 0 Å². The molecule has 0 saturated heterocycles. The van der Waals surface area contributed by atoms with E-state index in [4.69, 9.17) is 0 Å². The van der Waals surface area contributed by atoms with Crippen molar-refractivity contribution in [3.8, 4) is 0 Å². The van der Waals surface area contributed by atoms with Crippen molar-refractivity contribution in [1.29, 1.82) is 0 Å². The van der Waals surface area contributed by atoms with Gasteiger partial charge in [0.2, 0.25) is 0 Å². The maximum Gasteiger partial charge on any atom is 0.154 e. The fraction of sp³-hybridized carbons (Fsp3) is 0.200. The summed E-state index contributed by atoms with van der Waals surface area (Å²) in [4.78, 5) is 0. The topological polar surface area (TPSA) is 50.9 Å². The second-order valence-corrected chi connectivity index (χ2v) is 4.21. The van der Waals surface area contributed by atoms with Gasteiger partial charge in [-0.1, -0.05) is 5.21 Å². The second-order valence-electron chi connectivity index (χ2n) is 3.46. The van der Waals surface area contributed by atoms with Gasteiger partial charge in [0.1, 0.15) is 23.4 Å². The number of aliphatic hydroxyl groups is 1. The summed E-state index contributed by atoms with van der Waals surface area (Å²) in [5, 5.41) is 17.3. The van der Waals surface area contributed by atoms with Crippen molar-refractivity contribution in [2.24, 2.45) is 7.05 Å². The van der Waals surface area contributed by atoms with Crippen LogP contribution in [0.25, 0.3) is 0 Å². The molecule has 1 unspecified atom stereocenters. The second kappa shape index (κ2) is 4.50. The molecule has 0 aliphatic rings. The lowest BCUT2D eigenvalue weighted by Gasteiger charge is -2.12. The van der Waals surface area contributed by atoms with Gasteiger partial charge in [-0.2, -0.15) is 0 Å². The first-order chi connectivity index (χ1) is 8.00. The Bertz CT molecular complexity index is 539. The van der Waals surface area contributed by atoms with Crippen LogP contribution in [0.5, 0.6) is 0 Å². The zero-order valence-corrected chi connectivity index (χ0v) is 10.3. The third-order valence-electron chi connectivity index (χ3n) is 2.34. The van der Waals surface area contributed by atoms with E-state index < -0.39 is 17.7 Å². The molecular weight excluding hydrogens is 296 g/mol. The first-order valence-corrected chi connectivity index (χ1v) is 5.48. The van der Waals surface area contributed by atoms with Crippen LogP contribution in [0.1, 0.15) is 17.4 Å². The molecule has 1 aromatic heterocycles. The van der Waals surface area contributed by atoms with Gasteiger partial charge in [0.25, 0.3) is 0 Å². The molecule has 2 aromatic rings. The van der Waals surface area contributed by atoms with Gasteiger partial charge in [-0.05, 0) is 34.1 Å². The molecule has 0 radical (unpaired) electrons. The van der Waals surface area contributed by atoms with Gasteiger partial charge < -0.3 is 5.11 Å². The summed E-state index contributed by atoms with van der Waals surface area (Å²) in [6.07, 6.45) is -1.33. The van der Waals surface area contributed by atoms with E-state index in [0.29, 0.717) is 0 Å². The Labute approximate surface area is 104 Å². The molecule has 1 heterocycles. The summed E-state index contributed by atoms with van der Waals surface area (Å²) in [5.74, 6) is -1.31. The highest BCUT2D eigenvalue weighted by Gasteiger charge is 2.22. The largest absolute Gasteiger partial charge is 0.382 e. The molecule has 90 valence electrons. The quantitative estimate of drug-likeness (QED) is 0.922. The van der Waals surface area contributed by atoms with Crippen LogP contribution in [0.2, 0.25) is 0 Å². The van der Waals surface area contributed by atoms with Crippen molar-refractivity contribution in [3.05, 3.63) is 45.7 Å². The van der Waals surface area contributed by atoms with E-state index in [1.165, 1.54) is 4.68 Å². The minimum atomic E-state index is -1.33. The molecule has 2 rings (SSSR count). The van der Waals surface area contributed by atoms with Crippen LogP contribution in [0.15, 0.2) is 22.8 Å². The highest BCUT2D eigenvalue weighted by molar-refractivity contribution is 9.10. The van der Waals surface area contributed by atoms with Crippen molar-refractivity contribution >= 4 is 15.9 Å². The Balaban J connectivity index is 2.50. The van der Waals surface area contributed by atoms with Crippen molar-refractivity contribution in [1.82, 2.24) is 15.0 Å². The van der Waals surface area contributed by atoms with Gasteiger partial charge in [-0.25, -0.2) is 13.5 Å². The van der Waals surface area contributed by atoms with Crippen molar-refractivity contribution in [2.45, 2.75) is 6.10 Å². The Morgan fingerprint density at radius 2 is 2.12 bits per heavy atom.